The number of amides is 1. The van der Waals surface area contributed by atoms with Gasteiger partial charge in [0.25, 0.3) is 5.56 Å². The van der Waals surface area contributed by atoms with Gasteiger partial charge in [-0.1, -0.05) is 23.2 Å². The molecule has 0 saturated carbocycles. The number of halogens is 3. The molecule has 1 amide bonds. The van der Waals surface area contributed by atoms with Crippen LogP contribution < -0.4 is 10.9 Å². The molecule has 116 valence electrons. The minimum absolute atomic E-state index is 0.266. The van der Waals surface area contributed by atoms with Gasteiger partial charge in [-0.25, -0.2) is 0 Å². The number of nitrogens with zero attached hydrogens (tertiary/aromatic N) is 1. The van der Waals surface area contributed by atoms with Gasteiger partial charge >= 0.3 is 0 Å². The molecule has 7 heteroatoms. The summed E-state index contributed by atoms with van der Waals surface area (Å²) in [6, 6.07) is 5.78. The van der Waals surface area contributed by atoms with Crippen LogP contribution in [0.4, 0.5) is 5.69 Å². The number of hydrogen-bond acceptors (Lipinski definition) is 2. The Labute approximate surface area is 146 Å². The Morgan fingerprint density at radius 1 is 1.23 bits per heavy atom. The third-order valence-corrected chi connectivity index (χ3v) is 4.07. The Morgan fingerprint density at radius 3 is 2.41 bits per heavy atom. The first-order valence-electron chi connectivity index (χ1n) is 6.43. The Bertz CT molecular complexity index is 769. The summed E-state index contributed by atoms with van der Waals surface area (Å²) in [4.78, 5) is 24.5. The van der Waals surface area contributed by atoms with Gasteiger partial charge in [0.05, 0.1) is 4.47 Å². The molecular formula is C15H13BrCl2N2O2. The van der Waals surface area contributed by atoms with E-state index in [1.54, 1.807) is 37.4 Å². The van der Waals surface area contributed by atoms with Gasteiger partial charge in [0.2, 0.25) is 5.91 Å². The fourth-order valence-electron chi connectivity index (χ4n) is 1.99. The van der Waals surface area contributed by atoms with Crippen molar-refractivity contribution in [3.8, 4) is 0 Å². The van der Waals surface area contributed by atoms with Gasteiger partial charge in [-0.15, -0.1) is 0 Å². The predicted molar refractivity (Wildman–Crippen MR) is 92.9 cm³/mol. The number of pyridine rings is 1. The highest BCUT2D eigenvalue weighted by Crippen LogP contribution is 2.23. The van der Waals surface area contributed by atoms with Gasteiger partial charge in [-0.2, -0.15) is 0 Å². The van der Waals surface area contributed by atoms with Crippen molar-refractivity contribution in [1.82, 2.24) is 4.57 Å². The van der Waals surface area contributed by atoms with E-state index in [-0.39, 0.29) is 11.5 Å². The Hall–Kier alpha value is -1.30. The number of nitrogens with one attached hydrogen (secondary N) is 1. The van der Waals surface area contributed by atoms with Crippen LogP contribution in [0.5, 0.6) is 0 Å². The van der Waals surface area contributed by atoms with E-state index in [1.165, 1.54) is 4.57 Å². The summed E-state index contributed by atoms with van der Waals surface area (Å²) in [7, 11) is 0. The molecule has 0 aliphatic rings. The first kappa shape index (κ1) is 17.1. The zero-order chi connectivity index (χ0) is 16.4. The molecule has 1 aromatic carbocycles. The first-order valence-corrected chi connectivity index (χ1v) is 7.98. The van der Waals surface area contributed by atoms with Crippen LogP contribution in [-0.4, -0.2) is 10.5 Å². The van der Waals surface area contributed by atoms with Crippen LogP contribution in [0, 0.1) is 6.92 Å². The molecule has 2 aromatic rings. The highest BCUT2D eigenvalue weighted by Gasteiger charge is 2.18. The van der Waals surface area contributed by atoms with E-state index in [4.69, 9.17) is 23.2 Å². The summed E-state index contributed by atoms with van der Waals surface area (Å²) in [6.45, 7) is 3.50. The number of anilines is 1. The minimum Gasteiger partial charge on any atom is -0.324 e. The fourth-order valence-corrected chi connectivity index (χ4v) is 3.08. The van der Waals surface area contributed by atoms with E-state index in [1.807, 2.05) is 6.92 Å². The van der Waals surface area contributed by atoms with Crippen LogP contribution in [0.15, 0.2) is 39.7 Å². The second-order valence-electron chi connectivity index (χ2n) is 4.90. The number of rotatable bonds is 3. The smallest absolute Gasteiger partial charge is 0.265 e. The van der Waals surface area contributed by atoms with Crippen LogP contribution in [0.25, 0.3) is 0 Å². The minimum atomic E-state index is -0.679. The molecular weight excluding hydrogens is 391 g/mol. The van der Waals surface area contributed by atoms with Crippen molar-refractivity contribution in [3.63, 3.8) is 0 Å². The van der Waals surface area contributed by atoms with Crippen LogP contribution >= 0.6 is 39.1 Å². The normalized spacial score (nSPS) is 12.0. The lowest BCUT2D eigenvalue weighted by Gasteiger charge is -2.16. The quantitative estimate of drug-likeness (QED) is 0.824. The molecule has 0 bridgehead atoms. The highest BCUT2D eigenvalue weighted by molar-refractivity contribution is 9.10. The number of carbonyl (C=O) groups is 1. The van der Waals surface area contributed by atoms with Crippen LogP contribution in [0.3, 0.4) is 0 Å². The standard InChI is InChI=1S/C15H13BrCl2N2O2/c1-8-3-13(16)15(22)20(7-8)9(2)14(21)19-12-5-10(17)4-11(18)6-12/h3-7,9H,1-2H3,(H,19,21). The van der Waals surface area contributed by atoms with Gasteiger partial charge in [0.1, 0.15) is 6.04 Å². The number of carbonyl (C=O) groups excluding carboxylic acids is 1. The molecule has 4 nitrogen and oxygen atoms in total. The molecule has 1 aromatic heterocycles. The summed E-state index contributed by atoms with van der Waals surface area (Å²) < 4.78 is 1.79. The van der Waals surface area contributed by atoms with Crippen LogP contribution in [0.1, 0.15) is 18.5 Å². The molecule has 0 aliphatic carbocycles. The summed E-state index contributed by atoms with van der Waals surface area (Å²) in [5.41, 5.74) is 1.09. The number of hydrogen-bond donors (Lipinski definition) is 1. The highest BCUT2D eigenvalue weighted by atomic mass is 79.9. The first-order chi connectivity index (χ1) is 10.3. The second-order valence-corrected chi connectivity index (χ2v) is 6.63. The summed E-state index contributed by atoms with van der Waals surface area (Å²) >= 11 is 15.0. The third-order valence-electron chi connectivity index (χ3n) is 3.06. The summed E-state index contributed by atoms with van der Waals surface area (Å²) in [5, 5.41) is 3.55. The van der Waals surface area contributed by atoms with Gasteiger partial charge in [0.15, 0.2) is 0 Å². The van der Waals surface area contributed by atoms with Crippen molar-refractivity contribution in [2.45, 2.75) is 19.9 Å². The Morgan fingerprint density at radius 2 is 1.82 bits per heavy atom. The van der Waals surface area contributed by atoms with Gasteiger partial charge in [-0.3, -0.25) is 9.59 Å². The second kappa shape index (κ2) is 6.86. The lowest BCUT2D eigenvalue weighted by atomic mass is 10.2. The van der Waals surface area contributed by atoms with Crippen molar-refractivity contribution in [1.29, 1.82) is 0 Å². The van der Waals surface area contributed by atoms with Crippen LogP contribution in [-0.2, 0) is 4.79 Å². The molecule has 1 N–H and O–H groups in total. The molecule has 0 radical (unpaired) electrons. The number of aromatic nitrogens is 1. The summed E-state index contributed by atoms with van der Waals surface area (Å²) in [6.07, 6.45) is 1.64. The van der Waals surface area contributed by atoms with E-state index in [0.29, 0.717) is 20.2 Å². The molecule has 0 saturated heterocycles. The molecule has 1 heterocycles. The summed E-state index contributed by atoms with van der Waals surface area (Å²) in [5.74, 6) is -0.335. The van der Waals surface area contributed by atoms with Gasteiger partial charge < -0.3 is 9.88 Å². The lowest BCUT2D eigenvalue weighted by Crippen LogP contribution is -2.31. The monoisotopic (exact) mass is 402 g/mol. The molecule has 1 atom stereocenters. The van der Waals surface area contributed by atoms with E-state index >= 15 is 0 Å². The third kappa shape index (κ3) is 3.91. The number of aryl methyl sites for hydroxylation is 1. The largest absolute Gasteiger partial charge is 0.324 e. The van der Waals surface area contributed by atoms with Crippen molar-refractivity contribution in [2.75, 3.05) is 5.32 Å². The van der Waals surface area contributed by atoms with Gasteiger partial charge in [-0.05, 0) is 59.6 Å². The maximum atomic E-state index is 12.3. The zero-order valence-electron chi connectivity index (χ0n) is 11.9. The average Bonchev–Trinajstić information content (AvgIpc) is 2.40. The molecule has 0 spiro atoms. The van der Waals surface area contributed by atoms with Crippen molar-refractivity contribution in [2.24, 2.45) is 0 Å². The van der Waals surface area contributed by atoms with Crippen molar-refractivity contribution < 1.29 is 4.79 Å². The van der Waals surface area contributed by atoms with E-state index in [2.05, 4.69) is 21.2 Å². The van der Waals surface area contributed by atoms with Crippen molar-refractivity contribution in [3.05, 3.63) is 60.9 Å². The SMILES string of the molecule is Cc1cc(Br)c(=O)n(C(C)C(=O)Nc2cc(Cl)cc(Cl)c2)c1. The molecule has 22 heavy (non-hydrogen) atoms. The lowest BCUT2D eigenvalue weighted by molar-refractivity contribution is -0.118. The fraction of sp³-hybridized carbons (Fsp3) is 0.200. The zero-order valence-corrected chi connectivity index (χ0v) is 15.0. The van der Waals surface area contributed by atoms with Crippen molar-refractivity contribution >= 4 is 50.7 Å². The number of benzene rings is 1. The Balaban J connectivity index is 2.28. The molecule has 0 aliphatic heterocycles. The van der Waals surface area contributed by atoms with E-state index in [9.17, 15) is 9.59 Å². The van der Waals surface area contributed by atoms with Crippen LogP contribution in [0.2, 0.25) is 10.0 Å². The Kier molecular flexibility index (Phi) is 5.32. The van der Waals surface area contributed by atoms with E-state index in [0.717, 1.165) is 5.56 Å². The maximum Gasteiger partial charge on any atom is 0.265 e. The van der Waals surface area contributed by atoms with Gasteiger partial charge in [0, 0.05) is 21.9 Å². The molecule has 1 unspecified atom stereocenters. The average molecular weight is 404 g/mol. The maximum absolute atomic E-state index is 12.3. The molecule has 2 rings (SSSR count). The predicted octanol–water partition coefficient (Wildman–Crippen LogP) is 4.43. The van der Waals surface area contributed by atoms with E-state index < -0.39 is 6.04 Å². The topological polar surface area (TPSA) is 51.1 Å². The molecule has 0 fully saturated rings.